The lowest BCUT2D eigenvalue weighted by Gasteiger charge is -2.10. The van der Waals surface area contributed by atoms with Gasteiger partial charge in [0.1, 0.15) is 0 Å². The lowest BCUT2D eigenvalue weighted by atomic mass is 10.0. The Morgan fingerprint density at radius 3 is 1.09 bits per heavy atom. The molecule has 0 aromatic carbocycles. The van der Waals surface area contributed by atoms with Crippen LogP contribution in [-0.2, 0) is 9.59 Å². The monoisotopic (exact) mass is 950 g/mol. The van der Waals surface area contributed by atoms with Gasteiger partial charge in [0.25, 0.3) is 0 Å². The van der Waals surface area contributed by atoms with Gasteiger partial charge in [0, 0.05) is 32.5 Å². The quantitative estimate of drug-likeness (QED) is 0.0237. The van der Waals surface area contributed by atoms with Crippen molar-refractivity contribution in [3.05, 3.63) is 24.3 Å². The highest BCUT2D eigenvalue weighted by Crippen LogP contribution is 2.16. The summed E-state index contributed by atoms with van der Waals surface area (Å²) in [6.45, 7) is 9.65. The minimum atomic E-state index is -0.188. The fraction of sp³-hybridized carbons (Fsp3) is 0.897. The molecule has 3 atom stereocenters. The molecule has 0 saturated heterocycles. The standard InChI is InChI=1S/C38H72N2O4.C20H43NO2/c1-3-5-7-21-27-35(41)29-23-17-13-9-11-15-19-25-31-37(43)39-33-34-40-38(44)32-26-20-16-12-10-14-18-24-30-36(42)28-22-8-6-4-2;1-2-3-4-12-15-20(23)16-13-10-8-6-5-7-9-11-14-17-21-18-19-22/h17-18,23-24,35-36,41-42H,3-16,19-22,25-34H2,1-2H3,(H,39,43)(H,40,44);20-23H,2-19H2,1H3/b23-17-,24-18-;/t35-,36-;/m1./s1. The summed E-state index contributed by atoms with van der Waals surface area (Å²) in [5.41, 5.74) is 0. The van der Waals surface area contributed by atoms with E-state index in [0.717, 1.165) is 116 Å². The number of rotatable bonds is 52. The smallest absolute Gasteiger partial charge is 0.220 e. The van der Waals surface area contributed by atoms with E-state index >= 15 is 0 Å². The second-order valence-electron chi connectivity index (χ2n) is 19.7. The normalized spacial score (nSPS) is 12.9. The summed E-state index contributed by atoms with van der Waals surface area (Å²) in [6.07, 6.45) is 54.4. The highest BCUT2D eigenvalue weighted by atomic mass is 16.3. The largest absolute Gasteiger partial charge is 0.395 e. The second kappa shape index (κ2) is 58.5. The van der Waals surface area contributed by atoms with Crippen molar-refractivity contribution >= 4 is 11.8 Å². The first-order valence-electron chi connectivity index (χ1n) is 29.0. The second-order valence-corrected chi connectivity index (χ2v) is 19.7. The number of aliphatic hydroxyl groups excluding tert-OH is 4. The number of carbonyl (C=O) groups is 2. The Kier molecular flexibility index (Phi) is 58.8. The van der Waals surface area contributed by atoms with Gasteiger partial charge in [-0.3, -0.25) is 9.59 Å². The molecular weight excluding hydrogens is 835 g/mol. The van der Waals surface area contributed by atoms with Gasteiger partial charge in [-0.2, -0.15) is 0 Å². The average molecular weight is 951 g/mol. The van der Waals surface area contributed by atoms with E-state index in [9.17, 15) is 24.9 Å². The van der Waals surface area contributed by atoms with E-state index in [1.54, 1.807) is 0 Å². The molecule has 0 saturated carbocycles. The van der Waals surface area contributed by atoms with Crippen LogP contribution in [0.4, 0.5) is 0 Å². The molecule has 9 heteroatoms. The van der Waals surface area contributed by atoms with Gasteiger partial charge in [-0.25, -0.2) is 0 Å². The first-order valence-corrected chi connectivity index (χ1v) is 29.0. The Labute approximate surface area is 415 Å². The van der Waals surface area contributed by atoms with E-state index in [0.29, 0.717) is 25.9 Å². The summed E-state index contributed by atoms with van der Waals surface area (Å²) in [5.74, 6) is 0.146. The minimum absolute atomic E-state index is 0.0497. The van der Waals surface area contributed by atoms with Crippen molar-refractivity contribution in [2.45, 2.75) is 302 Å². The first-order chi connectivity index (χ1) is 32.8. The average Bonchev–Trinajstić information content (AvgIpc) is 3.32. The zero-order valence-electron chi connectivity index (χ0n) is 44.7. The predicted molar refractivity (Wildman–Crippen MR) is 289 cm³/mol. The molecule has 398 valence electrons. The molecule has 0 bridgehead atoms. The Bertz CT molecular complexity index is 984. The molecule has 9 nitrogen and oxygen atoms in total. The number of nitrogens with one attached hydrogen (secondary N) is 3. The van der Waals surface area contributed by atoms with Crippen LogP contribution in [0.3, 0.4) is 0 Å². The lowest BCUT2D eigenvalue weighted by molar-refractivity contribution is -0.123. The fourth-order valence-electron chi connectivity index (χ4n) is 8.35. The molecular formula is C58H115N3O6. The molecule has 0 heterocycles. The van der Waals surface area contributed by atoms with Crippen molar-refractivity contribution in [2.75, 3.05) is 32.8 Å². The van der Waals surface area contributed by atoms with Crippen molar-refractivity contribution in [1.29, 1.82) is 0 Å². The van der Waals surface area contributed by atoms with Gasteiger partial charge >= 0.3 is 0 Å². The zero-order chi connectivity index (χ0) is 49.4. The van der Waals surface area contributed by atoms with Gasteiger partial charge < -0.3 is 36.4 Å². The molecule has 0 aliphatic heterocycles. The van der Waals surface area contributed by atoms with Crippen LogP contribution in [0, 0.1) is 0 Å². The van der Waals surface area contributed by atoms with Crippen LogP contribution < -0.4 is 16.0 Å². The first kappa shape index (κ1) is 67.3. The SMILES string of the molecule is CCCCCCC(O)CCCCCCCCCCCNCCO.CCCCCC[C@@H](O)C/C=C\CCCCCCCC(=O)NCCNC(=O)CCCCCCC/C=C\C[C@H](O)CCCCCC. The van der Waals surface area contributed by atoms with Gasteiger partial charge in [0.2, 0.25) is 11.8 Å². The van der Waals surface area contributed by atoms with Gasteiger partial charge in [-0.05, 0) is 90.0 Å². The number of amides is 2. The van der Waals surface area contributed by atoms with Crippen LogP contribution in [0.1, 0.15) is 284 Å². The Balaban J connectivity index is 0. The molecule has 2 amide bonds. The van der Waals surface area contributed by atoms with Gasteiger partial charge in [0.05, 0.1) is 24.9 Å². The van der Waals surface area contributed by atoms with Crippen LogP contribution in [-0.4, -0.2) is 83.3 Å². The molecule has 67 heavy (non-hydrogen) atoms. The molecule has 0 spiro atoms. The number of carbonyl (C=O) groups excluding carboxylic acids is 2. The molecule has 0 fully saturated rings. The van der Waals surface area contributed by atoms with Crippen LogP contribution in [0.25, 0.3) is 0 Å². The third-order valence-electron chi connectivity index (χ3n) is 12.8. The molecule has 0 aromatic rings. The Morgan fingerprint density at radius 2 is 0.701 bits per heavy atom. The summed E-state index contributed by atoms with van der Waals surface area (Å²) in [5, 5.41) is 47.6. The predicted octanol–water partition coefficient (Wildman–Crippen LogP) is 14.0. The van der Waals surface area contributed by atoms with Gasteiger partial charge in [0.15, 0.2) is 0 Å². The van der Waals surface area contributed by atoms with E-state index in [4.69, 9.17) is 5.11 Å². The summed E-state index contributed by atoms with van der Waals surface area (Å²) >= 11 is 0. The highest BCUT2D eigenvalue weighted by molar-refractivity contribution is 5.77. The van der Waals surface area contributed by atoms with Gasteiger partial charge in [-0.1, -0.05) is 212 Å². The van der Waals surface area contributed by atoms with Crippen molar-refractivity contribution in [3.63, 3.8) is 0 Å². The van der Waals surface area contributed by atoms with E-state index in [1.807, 2.05) is 0 Å². The maximum Gasteiger partial charge on any atom is 0.220 e. The summed E-state index contributed by atoms with van der Waals surface area (Å²) in [6, 6.07) is 0. The maximum absolute atomic E-state index is 12.0. The van der Waals surface area contributed by atoms with E-state index < -0.39 is 0 Å². The lowest BCUT2D eigenvalue weighted by Crippen LogP contribution is -2.34. The Morgan fingerprint density at radius 1 is 0.373 bits per heavy atom. The van der Waals surface area contributed by atoms with Crippen molar-refractivity contribution in [1.82, 2.24) is 16.0 Å². The third kappa shape index (κ3) is 60.3. The number of unbranched alkanes of at least 4 members (excludes halogenated alkanes) is 27. The number of hydrogen-bond donors (Lipinski definition) is 7. The minimum Gasteiger partial charge on any atom is -0.395 e. The van der Waals surface area contributed by atoms with Crippen LogP contribution in [0.2, 0.25) is 0 Å². The molecule has 0 aromatic heterocycles. The van der Waals surface area contributed by atoms with Crippen LogP contribution in [0.5, 0.6) is 0 Å². The Hall–Kier alpha value is -1.78. The van der Waals surface area contributed by atoms with Crippen LogP contribution >= 0.6 is 0 Å². The molecule has 7 N–H and O–H groups in total. The van der Waals surface area contributed by atoms with E-state index in [1.165, 1.54) is 148 Å². The number of allylic oxidation sites excluding steroid dienone is 2. The van der Waals surface area contributed by atoms with Crippen molar-refractivity contribution in [2.24, 2.45) is 0 Å². The van der Waals surface area contributed by atoms with Crippen molar-refractivity contribution < 1.29 is 30.0 Å². The maximum atomic E-state index is 12.0. The summed E-state index contributed by atoms with van der Waals surface area (Å²) < 4.78 is 0. The molecule has 0 rings (SSSR count). The molecule has 0 aliphatic carbocycles. The molecule has 0 aliphatic rings. The highest BCUT2D eigenvalue weighted by Gasteiger charge is 2.06. The topological polar surface area (TPSA) is 151 Å². The summed E-state index contributed by atoms with van der Waals surface area (Å²) in [4.78, 5) is 24.0. The summed E-state index contributed by atoms with van der Waals surface area (Å²) in [7, 11) is 0. The zero-order valence-corrected chi connectivity index (χ0v) is 44.7. The number of hydrogen-bond acceptors (Lipinski definition) is 7. The molecule has 1 unspecified atom stereocenters. The van der Waals surface area contributed by atoms with E-state index in [-0.39, 0.29) is 36.7 Å². The van der Waals surface area contributed by atoms with E-state index in [2.05, 4.69) is 61.0 Å². The van der Waals surface area contributed by atoms with Gasteiger partial charge in [-0.15, -0.1) is 0 Å². The third-order valence-corrected chi connectivity index (χ3v) is 12.8. The fourth-order valence-corrected chi connectivity index (χ4v) is 8.35. The van der Waals surface area contributed by atoms with Crippen molar-refractivity contribution in [3.8, 4) is 0 Å². The molecule has 0 radical (unpaired) electrons. The van der Waals surface area contributed by atoms with Crippen LogP contribution in [0.15, 0.2) is 24.3 Å². The number of aliphatic hydroxyl groups is 4.